The van der Waals surface area contributed by atoms with E-state index in [9.17, 15) is 13.6 Å². The molecule has 1 aliphatic heterocycles. The van der Waals surface area contributed by atoms with Gasteiger partial charge in [0, 0.05) is 4.90 Å². The van der Waals surface area contributed by atoms with E-state index in [-0.39, 0.29) is 17.1 Å². The van der Waals surface area contributed by atoms with Gasteiger partial charge in [0.2, 0.25) is 5.91 Å². The molecule has 8 heteroatoms. The topological polar surface area (TPSA) is 73.6 Å². The van der Waals surface area contributed by atoms with E-state index in [1.165, 1.54) is 12.1 Å². The maximum atomic E-state index is 12.5. The van der Waals surface area contributed by atoms with Crippen molar-refractivity contribution in [3.05, 3.63) is 48.5 Å². The van der Waals surface area contributed by atoms with Crippen molar-refractivity contribution in [2.45, 2.75) is 48.4 Å². The molecular weight excluding hydrogens is 422 g/mol. The molecule has 0 aromatic heterocycles. The molecule has 0 bridgehead atoms. The van der Waals surface area contributed by atoms with Gasteiger partial charge in [-0.15, -0.1) is 11.8 Å². The van der Waals surface area contributed by atoms with Crippen molar-refractivity contribution in [1.82, 2.24) is 5.32 Å². The lowest BCUT2D eigenvalue weighted by Crippen LogP contribution is -2.42. The molecule has 2 fully saturated rings. The normalized spacial score (nSPS) is 22.5. The Labute approximate surface area is 184 Å². The van der Waals surface area contributed by atoms with Crippen LogP contribution in [0.3, 0.4) is 0 Å². The molecule has 2 aromatic carbocycles. The van der Waals surface area contributed by atoms with Crippen LogP contribution in [0.5, 0.6) is 17.2 Å². The first-order chi connectivity index (χ1) is 14.9. The monoisotopic (exact) mass is 448 g/mol. The molecule has 1 atom stereocenters. The van der Waals surface area contributed by atoms with Crippen LogP contribution in [0.15, 0.2) is 53.4 Å². The first-order valence-corrected chi connectivity index (χ1v) is 11.2. The SMILES string of the molecule is NC(=O)C1(Sc2ccc(Oc3ccc(OC(F)F)cc3)cc2)CCC2(CCNCC2)C1. The second-order valence-electron chi connectivity index (χ2n) is 8.31. The summed E-state index contributed by atoms with van der Waals surface area (Å²) in [5, 5.41) is 3.40. The molecule has 1 unspecified atom stereocenters. The Morgan fingerprint density at radius 1 is 0.935 bits per heavy atom. The Morgan fingerprint density at radius 3 is 2.10 bits per heavy atom. The lowest BCUT2D eigenvalue weighted by Gasteiger charge is -2.35. The molecule has 1 aliphatic carbocycles. The van der Waals surface area contributed by atoms with Crippen LogP contribution in [0.2, 0.25) is 0 Å². The fourth-order valence-electron chi connectivity index (χ4n) is 4.61. The van der Waals surface area contributed by atoms with Crippen LogP contribution >= 0.6 is 11.8 Å². The fourth-order valence-corrected chi connectivity index (χ4v) is 6.01. The van der Waals surface area contributed by atoms with Gasteiger partial charge >= 0.3 is 6.61 Å². The number of hydrogen-bond donors (Lipinski definition) is 2. The fraction of sp³-hybridized carbons (Fsp3) is 0.435. The van der Waals surface area contributed by atoms with Gasteiger partial charge in [-0.2, -0.15) is 8.78 Å². The number of amides is 1. The molecule has 5 nitrogen and oxygen atoms in total. The Kier molecular flexibility index (Phi) is 6.39. The van der Waals surface area contributed by atoms with Gasteiger partial charge in [-0.1, -0.05) is 0 Å². The highest BCUT2D eigenvalue weighted by Gasteiger charge is 2.52. The minimum Gasteiger partial charge on any atom is -0.457 e. The summed E-state index contributed by atoms with van der Waals surface area (Å²) in [5.74, 6) is 0.966. The molecule has 2 aromatic rings. The van der Waals surface area contributed by atoms with Crippen LogP contribution in [-0.2, 0) is 4.79 Å². The quantitative estimate of drug-likeness (QED) is 0.627. The van der Waals surface area contributed by atoms with Crippen LogP contribution in [0.4, 0.5) is 8.78 Å². The van der Waals surface area contributed by atoms with E-state index < -0.39 is 11.4 Å². The zero-order valence-corrected chi connectivity index (χ0v) is 17.9. The van der Waals surface area contributed by atoms with E-state index >= 15 is 0 Å². The number of primary amides is 1. The highest BCUT2D eigenvalue weighted by atomic mass is 32.2. The molecule has 1 amide bonds. The van der Waals surface area contributed by atoms with Gasteiger partial charge in [-0.3, -0.25) is 4.79 Å². The third-order valence-corrected chi connectivity index (χ3v) is 7.70. The first kappa shape index (κ1) is 21.9. The van der Waals surface area contributed by atoms with Gasteiger partial charge in [0.15, 0.2) is 0 Å². The maximum Gasteiger partial charge on any atom is 0.387 e. The van der Waals surface area contributed by atoms with Crippen LogP contribution in [-0.4, -0.2) is 30.4 Å². The van der Waals surface area contributed by atoms with E-state index in [1.54, 1.807) is 23.9 Å². The second-order valence-corrected chi connectivity index (χ2v) is 9.77. The molecule has 1 spiro atoms. The predicted molar refractivity (Wildman–Crippen MR) is 116 cm³/mol. The number of nitrogens with one attached hydrogen (secondary N) is 1. The molecule has 1 heterocycles. The van der Waals surface area contributed by atoms with Gasteiger partial charge in [0.1, 0.15) is 17.2 Å². The average molecular weight is 449 g/mol. The molecular formula is C23H26F2N2O3S. The predicted octanol–water partition coefficient (Wildman–Crippen LogP) is 4.95. The number of hydrogen-bond acceptors (Lipinski definition) is 5. The molecule has 166 valence electrons. The molecule has 3 N–H and O–H groups in total. The summed E-state index contributed by atoms with van der Waals surface area (Å²) < 4.78 is 34.0. The van der Waals surface area contributed by atoms with Crippen molar-refractivity contribution in [2.24, 2.45) is 11.1 Å². The number of rotatable bonds is 7. The van der Waals surface area contributed by atoms with Gasteiger partial charge < -0.3 is 20.5 Å². The van der Waals surface area contributed by atoms with Crippen molar-refractivity contribution in [3.63, 3.8) is 0 Å². The van der Waals surface area contributed by atoms with Gasteiger partial charge in [0.05, 0.1) is 4.75 Å². The molecule has 1 saturated heterocycles. The van der Waals surface area contributed by atoms with E-state index in [4.69, 9.17) is 10.5 Å². The minimum atomic E-state index is -2.86. The zero-order chi connectivity index (χ0) is 21.9. The van der Waals surface area contributed by atoms with Gasteiger partial charge in [-0.05, 0) is 99.1 Å². The zero-order valence-electron chi connectivity index (χ0n) is 17.1. The number of nitrogens with two attached hydrogens (primary N) is 1. The summed E-state index contributed by atoms with van der Waals surface area (Å²) in [6, 6.07) is 13.5. The largest absolute Gasteiger partial charge is 0.457 e. The number of halogens is 2. The number of alkyl halides is 2. The molecule has 0 radical (unpaired) electrons. The molecule has 2 aliphatic rings. The van der Waals surface area contributed by atoms with Crippen LogP contribution in [0, 0.1) is 5.41 Å². The van der Waals surface area contributed by atoms with Crippen LogP contribution < -0.4 is 20.5 Å². The van der Waals surface area contributed by atoms with E-state index in [0.717, 1.165) is 50.1 Å². The third-order valence-electron chi connectivity index (χ3n) is 6.25. The van der Waals surface area contributed by atoms with Gasteiger partial charge in [-0.25, -0.2) is 0 Å². The van der Waals surface area contributed by atoms with Gasteiger partial charge in [0.25, 0.3) is 0 Å². The molecule has 1 saturated carbocycles. The van der Waals surface area contributed by atoms with E-state index in [0.29, 0.717) is 11.5 Å². The number of carbonyl (C=O) groups excluding carboxylic acids is 1. The van der Waals surface area contributed by atoms with Crippen LogP contribution in [0.1, 0.15) is 32.1 Å². The van der Waals surface area contributed by atoms with Crippen molar-refractivity contribution in [2.75, 3.05) is 13.1 Å². The lowest BCUT2D eigenvalue weighted by molar-refractivity contribution is -0.120. The number of ether oxygens (including phenoxy) is 2. The number of benzene rings is 2. The minimum absolute atomic E-state index is 0.0777. The standard InChI is InChI=1S/C23H26F2N2O3S/c24-21(25)30-18-3-1-16(2-4-18)29-17-5-7-19(8-6-17)31-23(20(26)28)10-9-22(15-23)11-13-27-14-12-22/h1-8,21,27H,9-15H2,(H2,26,28). The number of carbonyl (C=O) groups is 1. The summed E-state index contributed by atoms with van der Waals surface area (Å²) in [4.78, 5) is 13.4. The summed E-state index contributed by atoms with van der Waals surface area (Å²) in [6.07, 6.45) is 4.86. The number of piperidine rings is 1. The van der Waals surface area contributed by atoms with Crippen LogP contribution in [0.25, 0.3) is 0 Å². The van der Waals surface area contributed by atoms with Crippen molar-refractivity contribution >= 4 is 17.7 Å². The Hall–Kier alpha value is -2.32. The maximum absolute atomic E-state index is 12.5. The summed E-state index contributed by atoms with van der Waals surface area (Å²) >= 11 is 1.56. The summed E-state index contributed by atoms with van der Waals surface area (Å²) in [7, 11) is 0. The molecule has 4 rings (SSSR count). The highest BCUT2D eigenvalue weighted by molar-refractivity contribution is 8.01. The average Bonchev–Trinajstić information content (AvgIpc) is 3.10. The van der Waals surface area contributed by atoms with Crippen molar-refractivity contribution < 1.29 is 23.0 Å². The van der Waals surface area contributed by atoms with Crippen molar-refractivity contribution in [3.8, 4) is 17.2 Å². The summed E-state index contributed by atoms with van der Waals surface area (Å²) in [6.45, 7) is -0.855. The summed E-state index contributed by atoms with van der Waals surface area (Å²) in [5.41, 5.74) is 6.11. The Balaban J connectivity index is 1.41. The van der Waals surface area contributed by atoms with E-state index in [1.807, 2.05) is 24.3 Å². The molecule has 31 heavy (non-hydrogen) atoms. The Bertz CT molecular complexity index is 902. The Morgan fingerprint density at radius 2 is 1.52 bits per heavy atom. The lowest BCUT2D eigenvalue weighted by atomic mass is 9.77. The smallest absolute Gasteiger partial charge is 0.387 e. The van der Waals surface area contributed by atoms with Crippen molar-refractivity contribution in [1.29, 1.82) is 0 Å². The third kappa shape index (κ3) is 5.13. The highest BCUT2D eigenvalue weighted by Crippen LogP contribution is 2.56. The number of thioether (sulfide) groups is 1. The second kappa shape index (κ2) is 9.04. The van der Waals surface area contributed by atoms with E-state index in [2.05, 4.69) is 10.1 Å². The first-order valence-electron chi connectivity index (χ1n) is 10.4.